The molecule has 2 aliphatic heterocycles. The predicted octanol–water partition coefficient (Wildman–Crippen LogP) is 16.1. The summed E-state index contributed by atoms with van der Waals surface area (Å²) in [5, 5.41) is 2.92. The number of nitrogens with one attached hydrogen (secondary N) is 1. The predicted molar refractivity (Wildman–Crippen MR) is 319 cm³/mol. The third-order valence-corrected chi connectivity index (χ3v) is 17.1. The summed E-state index contributed by atoms with van der Waals surface area (Å²) >= 11 is 0. The van der Waals surface area contributed by atoms with Gasteiger partial charge in [0.25, 0.3) is 0 Å². The average molecular weight is 1150 g/mol. The second-order valence-corrected chi connectivity index (χ2v) is 23.8. The van der Waals surface area contributed by atoms with Crippen LogP contribution in [0.25, 0.3) is 11.1 Å². The van der Waals surface area contributed by atoms with Crippen molar-refractivity contribution in [2.45, 2.75) is 224 Å². The highest BCUT2D eigenvalue weighted by atomic mass is 31.2. The molecule has 0 bridgehead atoms. The van der Waals surface area contributed by atoms with Crippen molar-refractivity contribution in [3.05, 3.63) is 144 Å². The van der Waals surface area contributed by atoms with Crippen molar-refractivity contribution < 1.29 is 60.9 Å². The highest BCUT2D eigenvalue weighted by molar-refractivity contribution is 7.48. The first kappa shape index (κ1) is 64.4. The van der Waals surface area contributed by atoms with E-state index in [1.54, 1.807) is 0 Å². The van der Waals surface area contributed by atoms with Crippen LogP contribution in [0.5, 0.6) is 0 Å². The zero-order chi connectivity index (χ0) is 57.6. The first-order valence-electron chi connectivity index (χ1n) is 30.8. The van der Waals surface area contributed by atoms with Crippen LogP contribution in [0.4, 0.5) is 4.79 Å². The van der Waals surface area contributed by atoms with Crippen molar-refractivity contribution >= 4 is 25.9 Å². The van der Waals surface area contributed by atoms with Gasteiger partial charge in [0.15, 0.2) is 12.4 Å². The van der Waals surface area contributed by atoms with E-state index in [2.05, 4.69) is 37.9 Å². The quantitative estimate of drug-likeness (QED) is 0.0148. The van der Waals surface area contributed by atoms with Gasteiger partial charge in [0.05, 0.1) is 39.5 Å². The van der Waals surface area contributed by atoms with Gasteiger partial charge in [-0.3, -0.25) is 23.2 Å². The third kappa shape index (κ3) is 20.9. The number of unbranched alkanes of at least 4 members (excludes halogenated alkanes) is 18. The Hall–Kier alpha value is -5.18. The number of esters is 2. The summed E-state index contributed by atoms with van der Waals surface area (Å²) in [6.07, 6.45) is 17.5. The lowest BCUT2D eigenvalue weighted by atomic mass is 9.96. The van der Waals surface area contributed by atoms with Crippen molar-refractivity contribution in [1.29, 1.82) is 0 Å². The van der Waals surface area contributed by atoms with Crippen molar-refractivity contribution in [1.82, 2.24) is 5.32 Å². The van der Waals surface area contributed by atoms with Crippen LogP contribution in [-0.4, -0.2) is 74.6 Å². The van der Waals surface area contributed by atoms with Gasteiger partial charge in [-0.25, -0.2) is 9.36 Å². The van der Waals surface area contributed by atoms with Crippen LogP contribution < -0.4 is 5.32 Å². The molecule has 7 rings (SSSR count). The van der Waals surface area contributed by atoms with Crippen LogP contribution in [0, 0.1) is 0 Å². The number of amides is 1. The van der Waals surface area contributed by atoms with E-state index in [4.69, 9.17) is 42.0 Å². The molecule has 1 fully saturated rings. The number of fused-ring (bicyclic) bond motifs is 4. The number of phosphoric ester groups is 1. The standard InChI is InChI=1S/C67H92NO13P/c1-4-7-9-11-13-15-16-18-20-22-27-43-61(69)78-54(38-26-21-19-17-14-12-10-8-5-2)45-62(70)80-65-63(68-67(71)75-49-59-57-41-32-30-39-55(57)56-40-31-33-42-58(56)59)66(74-44-6-3)79-60(50-73-46-51-34-24-23-25-35-51)64(65)81-82(72)76-47-52-36-28-29-37-53(52)48-77-82/h6,23-25,28-37,39-42,54,59-60,63-66H,3-5,7-22,26-27,38,43-50H2,1-2H3,(H,68,71)/t54-,60-,63-,64-,65-,66+/m1/s1. The van der Waals surface area contributed by atoms with Crippen molar-refractivity contribution in [3.8, 4) is 11.1 Å². The number of rotatable bonds is 38. The Bertz CT molecular complexity index is 2500. The van der Waals surface area contributed by atoms with Gasteiger partial charge in [-0.1, -0.05) is 239 Å². The molecule has 4 aromatic carbocycles. The molecule has 1 amide bonds. The second-order valence-electron chi connectivity index (χ2n) is 22.2. The molecule has 1 N–H and O–H groups in total. The molecular weight excluding hydrogens is 1060 g/mol. The van der Waals surface area contributed by atoms with E-state index in [0.29, 0.717) is 12.8 Å². The molecular formula is C67H92NO13P. The minimum atomic E-state index is -4.51. The van der Waals surface area contributed by atoms with E-state index >= 15 is 0 Å². The fourth-order valence-corrected chi connectivity index (χ4v) is 12.6. The fourth-order valence-electron chi connectivity index (χ4n) is 11.2. The Balaban J connectivity index is 1.12. The molecule has 3 aliphatic rings. The number of benzene rings is 4. The maximum atomic E-state index is 15.0. The summed E-state index contributed by atoms with van der Waals surface area (Å²) < 4.78 is 71.5. The van der Waals surface area contributed by atoms with Crippen LogP contribution in [-0.2, 0) is 76.0 Å². The van der Waals surface area contributed by atoms with E-state index in [0.717, 1.165) is 83.9 Å². The zero-order valence-corrected chi connectivity index (χ0v) is 49.8. The van der Waals surface area contributed by atoms with Gasteiger partial charge in [0, 0.05) is 12.3 Å². The van der Waals surface area contributed by atoms with E-state index in [1.807, 2.05) is 91.0 Å². The second kappa shape index (κ2) is 35.8. The minimum absolute atomic E-state index is 0.0194. The minimum Gasteiger partial charge on any atom is -0.462 e. The Morgan fingerprint density at radius 3 is 1.77 bits per heavy atom. The number of hydrogen-bond donors (Lipinski definition) is 1. The molecule has 2 heterocycles. The third-order valence-electron chi connectivity index (χ3n) is 15.7. The molecule has 15 heteroatoms. The van der Waals surface area contributed by atoms with E-state index in [1.165, 1.54) is 83.1 Å². The molecule has 448 valence electrons. The van der Waals surface area contributed by atoms with Gasteiger partial charge in [0.1, 0.15) is 31.0 Å². The Labute approximate surface area is 488 Å². The van der Waals surface area contributed by atoms with Gasteiger partial charge >= 0.3 is 25.9 Å². The largest absolute Gasteiger partial charge is 0.475 e. The normalized spacial score (nSPS) is 19.5. The molecule has 0 spiro atoms. The first-order valence-corrected chi connectivity index (χ1v) is 32.3. The Morgan fingerprint density at radius 1 is 0.646 bits per heavy atom. The van der Waals surface area contributed by atoms with Crippen molar-refractivity contribution in [3.63, 3.8) is 0 Å². The molecule has 0 aromatic heterocycles. The molecule has 4 aromatic rings. The SMILES string of the molecule is C=CCO[C@H]1O[C@H](COCc2ccccc2)[C@@H](OP2(=O)OCc3ccccc3CO2)[C@H](OC(=O)C[C@@H](CCCCCCCCCCC)OC(=O)CCCCCCCCCCCCC)[C@H]1NC(=O)OCC1c2ccccc2-c2ccccc21. The summed E-state index contributed by atoms with van der Waals surface area (Å²) in [7, 11) is -4.51. The van der Waals surface area contributed by atoms with Gasteiger partial charge in [-0.15, -0.1) is 6.58 Å². The number of ether oxygens (including phenoxy) is 6. The maximum Gasteiger partial charge on any atom is 0.475 e. The summed E-state index contributed by atoms with van der Waals surface area (Å²) in [6.45, 7) is 8.07. The smallest absolute Gasteiger partial charge is 0.462 e. The highest BCUT2D eigenvalue weighted by Crippen LogP contribution is 2.55. The number of carbonyl (C=O) groups excluding carboxylic acids is 3. The van der Waals surface area contributed by atoms with Crippen molar-refractivity contribution in [2.24, 2.45) is 0 Å². The number of phosphoric acid groups is 1. The molecule has 1 aliphatic carbocycles. The van der Waals surface area contributed by atoms with E-state index in [9.17, 15) is 18.9 Å². The molecule has 1 saturated heterocycles. The lowest BCUT2D eigenvalue weighted by Crippen LogP contribution is -2.66. The monoisotopic (exact) mass is 1150 g/mol. The molecule has 0 saturated carbocycles. The zero-order valence-electron chi connectivity index (χ0n) is 48.9. The Morgan fingerprint density at radius 2 is 1.18 bits per heavy atom. The number of carbonyl (C=O) groups is 3. The molecule has 0 radical (unpaired) electrons. The Kier molecular flexibility index (Phi) is 28.1. The van der Waals surface area contributed by atoms with Crippen LogP contribution in [0.15, 0.2) is 116 Å². The first-order chi connectivity index (χ1) is 40.2. The summed E-state index contributed by atoms with van der Waals surface area (Å²) in [6, 6.07) is 31.7. The van der Waals surface area contributed by atoms with Gasteiger partial charge in [-0.2, -0.15) is 0 Å². The maximum absolute atomic E-state index is 15.0. The fraction of sp³-hybridized carbons (Fsp3) is 0.567. The van der Waals surface area contributed by atoms with Crippen LogP contribution in [0.3, 0.4) is 0 Å². The summed E-state index contributed by atoms with van der Waals surface area (Å²) in [5.74, 6) is -1.37. The highest BCUT2D eigenvalue weighted by Gasteiger charge is 2.54. The van der Waals surface area contributed by atoms with Crippen LogP contribution >= 0.6 is 7.82 Å². The summed E-state index contributed by atoms with van der Waals surface area (Å²) in [4.78, 5) is 42.9. The molecule has 82 heavy (non-hydrogen) atoms. The van der Waals surface area contributed by atoms with Gasteiger partial charge in [-0.05, 0) is 58.2 Å². The summed E-state index contributed by atoms with van der Waals surface area (Å²) in [5.41, 5.74) is 6.58. The van der Waals surface area contributed by atoms with E-state index in [-0.39, 0.29) is 64.4 Å². The van der Waals surface area contributed by atoms with Gasteiger partial charge < -0.3 is 33.7 Å². The molecule has 0 unspecified atom stereocenters. The average Bonchev–Trinajstić information content (AvgIpc) is 3.40. The van der Waals surface area contributed by atoms with E-state index < -0.39 is 56.6 Å². The number of alkyl carbamates (subject to hydrolysis) is 1. The number of hydrogen-bond acceptors (Lipinski definition) is 13. The van der Waals surface area contributed by atoms with Crippen LogP contribution in [0.2, 0.25) is 0 Å². The molecule has 14 nitrogen and oxygen atoms in total. The van der Waals surface area contributed by atoms with Crippen molar-refractivity contribution in [2.75, 3.05) is 19.8 Å². The lowest BCUT2D eigenvalue weighted by Gasteiger charge is -2.45. The lowest BCUT2D eigenvalue weighted by molar-refractivity contribution is -0.271. The topological polar surface area (TPSA) is 163 Å². The van der Waals surface area contributed by atoms with Gasteiger partial charge in [0.2, 0.25) is 0 Å². The molecule has 6 atom stereocenters. The van der Waals surface area contributed by atoms with Crippen LogP contribution in [0.1, 0.15) is 195 Å².